The van der Waals surface area contributed by atoms with Crippen LogP contribution in [-0.4, -0.2) is 52.4 Å². The molecule has 0 saturated carbocycles. The SMILES string of the molecule is Cc1noc(-c2ccc(N3CC(Cc4ccccc4)(C(=O)NCCO)C3)nc2)n1. The number of hydrogen-bond acceptors (Lipinski definition) is 7. The average molecular weight is 393 g/mol. The topological polar surface area (TPSA) is 104 Å². The van der Waals surface area contributed by atoms with Gasteiger partial charge in [0.05, 0.1) is 17.6 Å². The van der Waals surface area contributed by atoms with Crippen molar-refractivity contribution in [2.45, 2.75) is 13.3 Å². The quantitative estimate of drug-likeness (QED) is 0.628. The molecule has 1 fully saturated rings. The lowest BCUT2D eigenvalue weighted by Gasteiger charge is -2.49. The fourth-order valence-corrected chi connectivity index (χ4v) is 3.64. The van der Waals surface area contributed by atoms with Crippen LogP contribution in [0.25, 0.3) is 11.5 Å². The minimum absolute atomic E-state index is 0.0374. The van der Waals surface area contributed by atoms with Crippen LogP contribution in [0.4, 0.5) is 5.82 Å². The zero-order chi connectivity index (χ0) is 20.3. The molecular weight excluding hydrogens is 370 g/mol. The van der Waals surface area contributed by atoms with Gasteiger partial charge in [-0.05, 0) is 31.0 Å². The van der Waals surface area contributed by atoms with Crippen LogP contribution in [0.2, 0.25) is 0 Å². The molecule has 150 valence electrons. The van der Waals surface area contributed by atoms with Gasteiger partial charge in [-0.3, -0.25) is 4.79 Å². The summed E-state index contributed by atoms with van der Waals surface area (Å²) < 4.78 is 5.17. The molecule has 1 amide bonds. The Labute approximate surface area is 168 Å². The van der Waals surface area contributed by atoms with Crippen LogP contribution in [-0.2, 0) is 11.2 Å². The summed E-state index contributed by atoms with van der Waals surface area (Å²) in [5, 5.41) is 15.7. The van der Waals surface area contributed by atoms with Crippen molar-refractivity contribution < 1.29 is 14.4 Å². The number of nitrogens with zero attached hydrogens (tertiary/aromatic N) is 4. The third-order valence-corrected chi connectivity index (χ3v) is 5.10. The van der Waals surface area contributed by atoms with Gasteiger partial charge in [-0.25, -0.2) is 4.98 Å². The van der Waals surface area contributed by atoms with Crippen LogP contribution in [0.15, 0.2) is 53.2 Å². The van der Waals surface area contributed by atoms with Crippen LogP contribution in [0, 0.1) is 12.3 Å². The van der Waals surface area contributed by atoms with E-state index < -0.39 is 5.41 Å². The van der Waals surface area contributed by atoms with Gasteiger partial charge < -0.3 is 19.8 Å². The van der Waals surface area contributed by atoms with Gasteiger partial charge in [-0.2, -0.15) is 4.98 Å². The highest BCUT2D eigenvalue weighted by molar-refractivity contribution is 5.86. The Hall–Kier alpha value is -3.26. The highest BCUT2D eigenvalue weighted by Crippen LogP contribution is 2.37. The Kier molecular flexibility index (Phi) is 5.26. The number of rotatable bonds is 7. The molecule has 1 saturated heterocycles. The van der Waals surface area contributed by atoms with Crippen molar-refractivity contribution in [2.75, 3.05) is 31.1 Å². The highest BCUT2D eigenvalue weighted by atomic mass is 16.5. The average Bonchev–Trinajstić information content (AvgIpc) is 3.16. The summed E-state index contributed by atoms with van der Waals surface area (Å²) >= 11 is 0. The molecule has 1 aromatic carbocycles. The summed E-state index contributed by atoms with van der Waals surface area (Å²) in [6.45, 7) is 3.07. The number of amides is 1. The second kappa shape index (κ2) is 8.00. The number of aryl methyl sites for hydroxylation is 1. The largest absolute Gasteiger partial charge is 0.395 e. The van der Waals surface area contributed by atoms with Crippen molar-refractivity contribution in [3.63, 3.8) is 0 Å². The van der Waals surface area contributed by atoms with E-state index in [4.69, 9.17) is 9.63 Å². The highest BCUT2D eigenvalue weighted by Gasteiger charge is 2.49. The lowest BCUT2D eigenvalue weighted by molar-refractivity contribution is -0.132. The van der Waals surface area contributed by atoms with Gasteiger partial charge in [-0.15, -0.1) is 0 Å². The number of hydrogen-bond donors (Lipinski definition) is 2. The molecule has 2 aromatic heterocycles. The third-order valence-electron chi connectivity index (χ3n) is 5.10. The molecule has 8 heteroatoms. The second-order valence-corrected chi connectivity index (χ2v) is 7.33. The smallest absolute Gasteiger partial charge is 0.259 e. The maximum Gasteiger partial charge on any atom is 0.259 e. The van der Waals surface area contributed by atoms with E-state index in [1.807, 2.05) is 42.5 Å². The van der Waals surface area contributed by atoms with Gasteiger partial charge >= 0.3 is 0 Å². The fourth-order valence-electron chi connectivity index (χ4n) is 3.64. The van der Waals surface area contributed by atoms with Crippen LogP contribution in [0.1, 0.15) is 11.4 Å². The van der Waals surface area contributed by atoms with Gasteiger partial charge in [0.25, 0.3) is 5.89 Å². The summed E-state index contributed by atoms with van der Waals surface area (Å²) in [6.07, 6.45) is 2.34. The summed E-state index contributed by atoms with van der Waals surface area (Å²) in [5.41, 5.74) is 1.33. The van der Waals surface area contributed by atoms with Crippen LogP contribution < -0.4 is 10.2 Å². The van der Waals surface area contributed by atoms with Crippen molar-refractivity contribution in [1.29, 1.82) is 0 Å². The molecule has 3 aromatic rings. The van der Waals surface area contributed by atoms with Gasteiger partial charge in [0.2, 0.25) is 5.91 Å². The Balaban J connectivity index is 1.48. The van der Waals surface area contributed by atoms with E-state index >= 15 is 0 Å². The van der Waals surface area contributed by atoms with E-state index in [1.54, 1.807) is 13.1 Å². The first-order chi connectivity index (χ1) is 14.1. The predicted molar refractivity (Wildman–Crippen MR) is 107 cm³/mol. The molecule has 3 heterocycles. The summed E-state index contributed by atoms with van der Waals surface area (Å²) in [6, 6.07) is 13.8. The molecular formula is C21H23N5O3. The standard InChI is InChI=1S/C21H23N5O3/c1-15-24-19(29-25-15)17-7-8-18(23-12-17)26-13-21(14-26,20(28)22-9-10-27)11-16-5-3-2-4-6-16/h2-8,12,27H,9-11,13-14H2,1H3,(H,22,28). The molecule has 2 N–H and O–H groups in total. The minimum atomic E-state index is -0.541. The third kappa shape index (κ3) is 3.97. The molecule has 0 unspecified atom stereocenters. The molecule has 0 radical (unpaired) electrons. The van der Waals surface area contributed by atoms with Gasteiger partial charge in [0, 0.05) is 25.8 Å². The maximum absolute atomic E-state index is 12.8. The number of aromatic nitrogens is 3. The van der Waals surface area contributed by atoms with E-state index in [1.165, 1.54) is 0 Å². The van der Waals surface area contributed by atoms with E-state index in [0.717, 1.165) is 16.9 Å². The molecule has 0 bridgehead atoms. The first-order valence-corrected chi connectivity index (χ1v) is 9.54. The molecule has 0 aliphatic carbocycles. The zero-order valence-corrected chi connectivity index (χ0v) is 16.2. The number of aliphatic hydroxyl groups excluding tert-OH is 1. The van der Waals surface area contributed by atoms with Gasteiger partial charge in [0.1, 0.15) is 5.82 Å². The van der Waals surface area contributed by atoms with Crippen molar-refractivity contribution in [3.05, 3.63) is 60.0 Å². The molecule has 4 rings (SSSR count). The number of carbonyl (C=O) groups is 1. The summed E-state index contributed by atoms with van der Waals surface area (Å²) in [5.74, 6) is 1.77. The molecule has 1 aliphatic heterocycles. The molecule has 0 atom stereocenters. The number of pyridine rings is 1. The Morgan fingerprint density at radius 3 is 2.66 bits per heavy atom. The first-order valence-electron chi connectivity index (χ1n) is 9.54. The minimum Gasteiger partial charge on any atom is -0.395 e. The molecule has 0 spiro atoms. The van der Waals surface area contributed by atoms with Crippen molar-refractivity contribution in [1.82, 2.24) is 20.4 Å². The van der Waals surface area contributed by atoms with Gasteiger partial charge in [-0.1, -0.05) is 35.5 Å². The van der Waals surface area contributed by atoms with E-state index in [-0.39, 0.29) is 19.1 Å². The van der Waals surface area contributed by atoms with Crippen LogP contribution >= 0.6 is 0 Å². The monoisotopic (exact) mass is 393 g/mol. The van der Waals surface area contributed by atoms with E-state index in [0.29, 0.717) is 31.2 Å². The van der Waals surface area contributed by atoms with E-state index in [9.17, 15) is 4.79 Å². The van der Waals surface area contributed by atoms with Crippen molar-refractivity contribution >= 4 is 11.7 Å². The number of nitrogens with one attached hydrogen (secondary N) is 1. The van der Waals surface area contributed by atoms with Crippen LogP contribution in [0.3, 0.4) is 0 Å². The number of carbonyl (C=O) groups excluding carboxylic acids is 1. The van der Waals surface area contributed by atoms with E-state index in [2.05, 4.69) is 25.3 Å². The predicted octanol–water partition coefficient (Wildman–Crippen LogP) is 1.60. The molecule has 8 nitrogen and oxygen atoms in total. The fraction of sp³-hybridized carbons (Fsp3) is 0.333. The van der Waals surface area contributed by atoms with Crippen molar-refractivity contribution in [3.8, 4) is 11.5 Å². The second-order valence-electron chi connectivity index (χ2n) is 7.33. The van der Waals surface area contributed by atoms with Crippen LogP contribution in [0.5, 0.6) is 0 Å². The van der Waals surface area contributed by atoms with Gasteiger partial charge in [0.15, 0.2) is 5.82 Å². The lowest BCUT2D eigenvalue weighted by Crippen LogP contribution is -2.65. The maximum atomic E-state index is 12.8. The number of benzene rings is 1. The van der Waals surface area contributed by atoms with Crippen molar-refractivity contribution in [2.24, 2.45) is 5.41 Å². The Bertz CT molecular complexity index is 965. The molecule has 1 aliphatic rings. The molecule has 29 heavy (non-hydrogen) atoms. The first kappa shape index (κ1) is 19.1. The number of aliphatic hydroxyl groups is 1. The Morgan fingerprint density at radius 2 is 2.03 bits per heavy atom. The summed E-state index contributed by atoms with van der Waals surface area (Å²) in [4.78, 5) is 23.6. The normalized spacial score (nSPS) is 15.0. The number of anilines is 1. The zero-order valence-electron chi connectivity index (χ0n) is 16.2. The lowest BCUT2D eigenvalue weighted by atomic mass is 9.73. The Morgan fingerprint density at radius 1 is 1.24 bits per heavy atom. The summed E-state index contributed by atoms with van der Waals surface area (Å²) in [7, 11) is 0.